The van der Waals surface area contributed by atoms with E-state index in [2.05, 4.69) is 67.3 Å². The second-order valence-electron chi connectivity index (χ2n) is 17.1. The zero-order chi connectivity index (χ0) is 45.2. The number of aliphatic hydroxyl groups is 2. The molecule has 0 bridgehead atoms. The maximum absolute atomic E-state index is 14.7. The van der Waals surface area contributed by atoms with Gasteiger partial charge in [0.25, 0.3) is 0 Å². The van der Waals surface area contributed by atoms with Crippen LogP contribution in [0.2, 0.25) is 0 Å². The molecule has 1 amide bonds. The van der Waals surface area contributed by atoms with Crippen LogP contribution < -0.4 is 9.47 Å². The number of fused-ring (bicyclic) bond motifs is 3. The van der Waals surface area contributed by atoms with Gasteiger partial charge in [0.05, 0.1) is 31.4 Å². The van der Waals surface area contributed by atoms with Crippen molar-refractivity contribution in [2.24, 2.45) is 22.9 Å². The average Bonchev–Trinajstić information content (AvgIpc) is 3.34. The van der Waals surface area contributed by atoms with Crippen molar-refractivity contribution in [1.82, 2.24) is 4.90 Å². The van der Waals surface area contributed by atoms with Crippen molar-refractivity contribution in [3.8, 4) is 28.4 Å². The number of carbonyl (C=O) groups excluding carboxylic acids is 1. The van der Waals surface area contributed by atoms with Crippen molar-refractivity contribution >= 4 is 22.6 Å². The number of benzene rings is 5. The van der Waals surface area contributed by atoms with Gasteiger partial charge in [-0.15, -0.1) is 6.58 Å². The molecule has 2 aliphatic carbocycles. The van der Waals surface area contributed by atoms with E-state index in [1.165, 1.54) is 0 Å². The molecule has 65 heavy (non-hydrogen) atoms. The van der Waals surface area contributed by atoms with Crippen molar-refractivity contribution in [2.45, 2.75) is 83.1 Å². The SMILES string of the molecule is C=CCO[C@@]12Oc3ccc(Oc4ccc(-c5ccccc5)cc4)cc3[C@H]3[C@H](CCCCO)[C@@H](CCCCO)C=C(C(=NOCC)C[C@@H]1N(Cc1cccc4ccccc14)C(=O)OCC)[C@H]32. The summed E-state index contributed by atoms with van der Waals surface area (Å²) in [6.07, 6.45) is 8.53. The molecule has 0 unspecified atom stereocenters. The van der Waals surface area contributed by atoms with Crippen molar-refractivity contribution in [1.29, 1.82) is 0 Å². The summed E-state index contributed by atoms with van der Waals surface area (Å²) in [5.74, 6) is 0.0709. The molecule has 10 nitrogen and oxygen atoms in total. The number of hydrogen-bond donors (Lipinski definition) is 2. The van der Waals surface area contributed by atoms with Crippen LogP contribution in [0.25, 0.3) is 21.9 Å². The number of hydrogen-bond acceptors (Lipinski definition) is 9. The fraction of sp³-hybridized carbons (Fsp3) is 0.382. The van der Waals surface area contributed by atoms with E-state index in [4.69, 9.17) is 28.9 Å². The zero-order valence-corrected chi connectivity index (χ0v) is 37.6. The quantitative estimate of drug-likeness (QED) is 0.0451. The van der Waals surface area contributed by atoms with E-state index >= 15 is 0 Å². The maximum Gasteiger partial charge on any atom is 0.410 e. The van der Waals surface area contributed by atoms with Crippen molar-refractivity contribution in [3.63, 3.8) is 0 Å². The first-order chi connectivity index (χ1) is 31.9. The molecule has 5 aromatic carbocycles. The Morgan fingerprint density at radius 1 is 0.846 bits per heavy atom. The third kappa shape index (κ3) is 9.71. The highest BCUT2D eigenvalue weighted by atomic mass is 16.7. The van der Waals surface area contributed by atoms with Crippen LogP contribution in [0, 0.1) is 17.8 Å². The molecule has 6 atom stereocenters. The van der Waals surface area contributed by atoms with Crippen molar-refractivity contribution in [2.75, 3.05) is 33.0 Å². The third-order valence-electron chi connectivity index (χ3n) is 13.2. The number of ether oxygens (including phenoxy) is 4. The van der Waals surface area contributed by atoms with Crippen molar-refractivity contribution < 1.29 is 38.8 Å². The van der Waals surface area contributed by atoms with E-state index in [9.17, 15) is 15.0 Å². The van der Waals surface area contributed by atoms with E-state index in [0.717, 1.165) is 70.0 Å². The smallest absolute Gasteiger partial charge is 0.410 e. The van der Waals surface area contributed by atoms with Gasteiger partial charge in [-0.3, -0.25) is 4.90 Å². The lowest BCUT2D eigenvalue weighted by Gasteiger charge is -2.59. The second-order valence-corrected chi connectivity index (χ2v) is 17.1. The lowest BCUT2D eigenvalue weighted by Crippen LogP contribution is -2.70. The third-order valence-corrected chi connectivity index (χ3v) is 13.2. The van der Waals surface area contributed by atoms with Gasteiger partial charge in [0, 0.05) is 31.1 Å². The molecule has 340 valence electrons. The Kier molecular flexibility index (Phi) is 15.0. The van der Waals surface area contributed by atoms with Gasteiger partial charge >= 0.3 is 6.09 Å². The summed E-state index contributed by atoms with van der Waals surface area (Å²) in [6.45, 7) is 8.94. The molecule has 1 heterocycles. The fourth-order valence-corrected chi connectivity index (χ4v) is 10.5. The number of nitrogens with zero attached hydrogens (tertiary/aromatic N) is 2. The summed E-state index contributed by atoms with van der Waals surface area (Å²) < 4.78 is 27.2. The molecule has 1 saturated carbocycles. The Morgan fingerprint density at radius 3 is 2.32 bits per heavy atom. The second kappa shape index (κ2) is 21.4. The Labute approximate surface area is 383 Å². The fourth-order valence-electron chi connectivity index (χ4n) is 10.5. The molecule has 0 saturated heterocycles. The predicted octanol–water partition coefficient (Wildman–Crippen LogP) is 11.6. The number of amides is 1. The van der Waals surface area contributed by atoms with Gasteiger partial charge < -0.3 is 34.0 Å². The van der Waals surface area contributed by atoms with Crippen LogP contribution in [0.15, 0.2) is 145 Å². The zero-order valence-electron chi connectivity index (χ0n) is 37.6. The van der Waals surface area contributed by atoms with Crippen LogP contribution >= 0.6 is 0 Å². The largest absolute Gasteiger partial charge is 0.459 e. The van der Waals surface area contributed by atoms with Crippen LogP contribution in [0.4, 0.5) is 4.79 Å². The number of allylic oxidation sites excluding steroid dienone is 1. The molecule has 5 aromatic rings. The summed E-state index contributed by atoms with van der Waals surface area (Å²) in [5.41, 5.74) is 5.87. The van der Waals surface area contributed by atoms with Gasteiger partial charge in [0.15, 0.2) is 0 Å². The molecule has 0 spiro atoms. The molecule has 0 radical (unpaired) electrons. The first-order valence-corrected chi connectivity index (χ1v) is 23.4. The van der Waals surface area contributed by atoms with Gasteiger partial charge in [-0.05, 0) is 115 Å². The number of oxime groups is 1. The number of carbonyl (C=O) groups is 1. The molecule has 0 aromatic heterocycles. The predicted molar refractivity (Wildman–Crippen MR) is 255 cm³/mol. The summed E-state index contributed by atoms with van der Waals surface area (Å²) >= 11 is 0. The van der Waals surface area contributed by atoms with E-state index in [-0.39, 0.29) is 57.1 Å². The van der Waals surface area contributed by atoms with Gasteiger partial charge in [0.2, 0.25) is 5.79 Å². The Hall–Kier alpha value is -5.94. The number of unbranched alkanes of at least 4 members (excludes halogenated alkanes) is 2. The number of aliphatic hydroxyl groups excluding tert-OH is 2. The molecule has 10 heteroatoms. The molecule has 1 fully saturated rings. The lowest BCUT2D eigenvalue weighted by molar-refractivity contribution is -0.256. The Bertz CT molecular complexity index is 2450. The minimum absolute atomic E-state index is 0.0601. The molecule has 2 N–H and O–H groups in total. The summed E-state index contributed by atoms with van der Waals surface area (Å²) in [5, 5.41) is 26.9. The standard InChI is InChI=1S/C55H62N2O8/c1-4-33-62-55-51(57(54(60)61-5-2)37-42-22-16-21-40-19-10-11-23-45(40)42)36-49(56-63-6-3)47-34-41(20-12-14-31-58)46(24-13-15-32-59)52(53(47)55)48-35-44(29-30-50(48)65-55)64-43-27-25-39(26-28-43)38-17-8-7-9-18-38/h4,7-11,16-19,21-23,25-30,34-35,41,46,51-53,58-59H,1,5-6,12-15,20,24,31-33,36-37H2,2-3H3/t41-,46+,51-,52+,53+,55+/m0/s1. The lowest BCUT2D eigenvalue weighted by atomic mass is 9.55. The topological polar surface area (TPSA) is 119 Å². The highest BCUT2D eigenvalue weighted by molar-refractivity contribution is 6.03. The highest BCUT2D eigenvalue weighted by Crippen LogP contribution is 2.62. The Balaban J connectivity index is 1.31. The average molecular weight is 879 g/mol. The normalized spacial score (nSPS) is 22.6. The van der Waals surface area contributed by atoms with E-state index in [1.54, 1.807) is 11.0 Å². The Morgan fingerprint density at radius 2 is 1.57 bits per heavy atom. The van der Waals surface area contributed by atoms with E-state index < -0.39 is 23.8 Å². The van der Waals surface area contributed by atoms with E-state index in [0.29, 0.717) is 36.7 Å². The first kappa shape index (κ1) is 45.6. The van der Waals surface area contributed by atoms with Gasteiger partial charge in [-0.2, -0.15) is 0 Å². The van der Waals surface area contributed by atoms with Crippen LogP contribution in [0.1, 0.15) is 75.8 Å². The first-order valence-electron chi connectivity index (χ1n) is 23.4. The number of rotatable bonds is 20. The van der Waals surface area contributed by atoms with E-state index in [1.807, 2.05) is 74.5 Å². The molecular formula is C55H62N2O8. The highest BCUT2D eigenvalue weighted by Gasteiger charge is 2.65. The minimum atomic E-state index is -1.43. The molecule has 3 aliphatic rings. The van der Waals surface area contributed by atoms with Crippen LogP contribution in [0.5, 0.6) is 17.2 Å². The summed E-state index contributed by atoms with van der Waals surface area (Å²) in [4.78, 5) is 22.4. The molecule has 1 aliphatic heterocycles. The van der Waals surface area contributed by atoms with Crippen LogP contribution in [-0.2, 0) is 20.9 Å². The van der Waals surface area contributed by atoms with Crippen molar-refractivity contribution in [3.05, 3.63) is 151 Å². The maximum atomic E-state index is 14.7. The summed E-state index contributed by atoms with van der Waals surface area (Å²) in [6, 6.07) is 38.0. The van der Waals surface area contributed by atoms with Crippen LogP contribution in [-0.4, -0.2) is 71.8 Å². The van der Waals surface area contributed by atoms with Gasteiger partial charge in [0.1, 0.15) is 29.9 Å². The van der Waals surface area contributed by atoms with Gasteiger partial charge in [-0.1, -0.05) is 115 Å². The summed E-state index contributed by atoms with van der Waals surface area (Å²) in [7, 11) is 0. The minimum Gasteiger partial charge on any atom is -0.459 e. The molecular weight excluding hydrogens is 817 g/mol. The molecule has 8 rings (SSSR count). The van der Waals surface area contributed by atoms with Gasteiger partial charge in [-0.25, -0.2) is 4.79 Å². The van der Waals surface area contributed by atoms with Crippen LogP contribution in [0.3, 0.4) is 0 Å². The monoisotopic (exact) mass is 878 g/mol.